The number of H-pyrrole nitrogens is 1. The van der Waals surface area contributed by atoms with Gasteiger partial charge in [-0.05, 0) is 18.2 Å². The lowest BCUT2D eigenvalue weighted by Crippen LogP contribution is -2.27. The van der Waals surface area contributed by atoms with Crippen LogP contribution in [-0.2, 0) is 11.3 Å². The molecule has 24 heavy (non-hydrogen) atoms. The summed E-state index contributed by atoms with van der Waals surface area (Å²) in [5.74, 6) is 0.0494. The Morgan fingerprint density at radius 3 is 2.88 bits per heavy atom. The lowest BCUT2D eigenvalue weighted by molar-refractivity contribution is -0.116. The normalized spacial score (nSPS) is 10.6. The molecule has 3 rings (SSSR count). The fourth-order valence-corrected chi connectivity index (χ4v) is 2.19. The summed E-state index contributed by atoms with van der Waals surface area (Å²) < 4.78 is 1.36. The Morgan fingerprint density at radius 1 is 1.25 bits per heavy atom. The number of hydrogen-bond acceptors (Lipinski definition) is 4. The minimum Gasteiger partial charge on any atom is -0.361 e. The quantitative estimate of drug-likeness (QED) is 0.674. The maximum absolute atomic E-state index is 12.2. The van der Waals surface area contributed by atoms with E-state index in [4.69, 9.17) is 0 Å². The van der Waals surface area contributed by atoms with Gasteiger partial charge in [0.05, 0.1) is 11.9 Å². The molecule has 0 bridgehead atoms. The van der Waals surface area contributed by atoms with Crippen LogP contribution in [0.1, 0.15) is 0 Å². The Hall–Kier alpha value is -3.36. The van der Waals surface area contributed by atoms with Crippen molar-refractivity contribution in [2.45, 2.75) is 6.54 Å². The van der Waals surface area contributed by atoms with Gasteiger partial charge in [0, 0.05) is 31.2 Å². The minimum atomic E-state index is -0.314. The maximum Gasteiger partial charge on any atom is 0.322 e. The van der Waals surface area contributed by atoms with Crippen LogP contribution in [0.4, 0.5) is 16.3 Å². The largest absolute Gasteiger partial charge is 0.361 e. The van der Waals surface area contributed by atoms with Gasteiger partial charge in [0.2, 0.25) is 5.91 Å². The number of amides is 3. The molecule has 0 unspecified atom stereocenters. The second kappa shape index (κ2) is 6.41. The standard InChI is InChI=1S/C15H17N7O2/c1-21(2)15(24)18-13-8-22(20-19-13)9-14(23)17-12-5-3-4-11-10(12)6-7-16-11/h3-8,16H,9H2,1-2H3,(H,17,23)(H,18,24). The zero-order valence-electron chi connectivity index (χ0n) is 13.3. The molecule has 2 heterocycles. The van der Waals surface area contributed by atoms with Crippen molar-refractivity contribution in [1.29, 1.82) is 0 Å². The zero-order chi connectivity index (χ0) is 17.1. The molecular weight excluding hydrogens is 310 g/mol. The lowest BCUT2D eigenvalue weighted by atomic mass is 10.2. The number of carbonyl (C=O) groups excluding carboxylic acids is 2. The van der Waals surface area contributed by atoms with Crippen LogP contribution in [-0.4, -0.2) is 50.9 Å². The number of nitrogens with zero attached hydrogens (tertiary/aromatic N) is 4. The monoisotopic (exact) mass is 327 g/mol. The molecule has 9 heteroatoms. The lowest BCUT2D eigenvalue weighted by Gasteiger charge is -2.09. The van der Waals surface area contributed by atoms with E-state index < -0.39 is 0 Å². The predicted molar refractivity (Wildman–Crippen MR) is 89.7 cm³/mol. The van der Waals surface area contributed by atoms with E-state index in [-0.39, 0.29) is 24.3 Å². The van der Waals surface area contributed by atoms with Gasteiger partial charge in [-0.1, -0.05) is 11.3 Å². The van der Waals surface area contributed by atoms with Gasteiger partial charge < -0.3 is 15.2 Å². The molecule has 0 saturated heterocycles. The molecule has 124 valence electrons. The summed E-state index contributed by atoms with van der Waals surface area (Å²) in [5, 5.41) is 14.0. The van der Waals surface area contributed by atoms with Gasteiger partial charge in [-0.15, -0.1) is 5.10 Å². The van der Waals surface area contributed by atoms with Crippen LogP contribution in [0.3, 0.4) is 0 Å². The van der Waals surface area contributed by atoms with E-state index in [1.54, 1.807) is 14.1 Å². The van der Waals surface area contributed by atoms with Crippen molar-refractivity contribution in [3.63, 3.8) is 0 Å². The van der Waals surface area contributed by atoms with E-state index in [9.17, 15) is 9.59 Å². The van der Waals surface area contributed by atoms with Gasteiger partial charge in [0.25, 0.3) is 0 Å². The van der Waals surface area contributed by atoms with E-state index in [0.29, 0.717) is 0 Å². The van der Waals surface area contributed by atoms with Crippen LogP contribution in [0.5, 0.6) is 0 Å². The number of benzene rings is 1. The first-order valence-electron chi connectivity index (χ1n) is 7.27. The summed E-state index contributed by atoms with van der Waals surface area (Å²) in [4.78, 5) is 28.2. The maximum atomic E-state index is 12.2. The van der Waals surface area contributed by atoms with E-state index in [0.717, 1.165) is 16.6 Å². The number of fused-ring (bicyclic) bond motifs is 1. The first-order valence-corrected chi connectivity index (χ1v) is 7.27. The Balaban J connectivity index is 1.64. The molecule has 3 N–H and O–H groups in total. The van der Waals surface area contributed by atoms with Crippen LogP contribution in [0, 0.1) is 0 Å². The van der Waals surface area contributed by atoms with Crippen molar-refractivity contribution in [3.05, 3.63) is 36.7 Å². The first kappa shape index (κ1) is 15.5. The van der Waals surface area contributed by atoms with Gasteiger partial charge >= 0.3 is 6.03 Å². The Kier molecular flexibility index (Phi) is 4.15. The van der Waals surface area contributed by atoms with Gasteiger partial charge in [-0.2, -0.15) is 0 Å². The number of carbonyl (C=O) groups is 2. The van der Waals surface area contributed by atoms with Crippen molar-refractivity contribution >= 4 is 34.3 Å². The average Bonchev–Trinajstić information content (AvgIpc) is 3.17. The van der Waals surface area contributed by atoms with Crippen molar-refractivity contribution in [2.75, 3.05) is 24.7 Å². The SMILES string of the molecule is CN(C)C(=O)Nc1cn(CC(=O)Nc2cccc3[nH]ccc23)nn1. The highest BCUT2D eigenvalue weighted by Crippen LogP contribution is 2.22. The highest BCUT2D eigenvalue weighted by molar-refractivity contribution is 6.01. The van der Waals surface area contributed by atoms with Crippen LogP contribution in [0.15, 0.2) is 36.7 Å². The second-order valence-electron chi connectivity index (χ2n) is 5.42. The molecule has 2 aromatic heterocycles. The zero-order valence-corrected chi connectivity index (χ0v) is 13.3. The molecule has 3 aromatic rings. The van der Waals surface area contributed by atoms with Crippen molar-refractivity contribution in [2.24, 2.45) is 0 Å². The van der Waals surface area contributed by atoms with Crippen molar-refractivity contribution < 1.29 is 9.59 Å². The number of urea groups is 1. The third-order valence-corrected chi connectivity index (χ3v) is 3.35. The molecule has 9 nitrogen and oxygen atoms in total. The first-order chi connectivity index (χ1) is 11.5. The van der Waals surface area contributed by atoms with Crippen LogP contribution in [0.2, 0.25) is 0 Å². The smallest absolute Gasteiger partial charge is 0.322 e. The topological polar surface area (TPSA) is 108 Å². The third kappa shape index (κ3) is 3.35. The number of nitrogens with one attached hydrogen (secondary N) is 3. The molecule has 0 saturated carbocycles. The molecule has 1 aromatic carbocycles. The summed E-state index contributed by atoms with van der Waals surface area (Å²) in [6.45, 7) is -0.00829. The van der Waals surface area contributed by atoms with Crippen LogP contribution >= 0.6 is 0 Å². The van der Waals surface area contributed by atoms with Crippen molar-refractivity contribution in [1.82, 2.24) is 24.9 Å². The molecule has 3 amide bonds. The third-order valence-electron chi connectivity index (χ3n) is 3.35. The molecule has 0 aliphatic carbocycles. The average molecular weight is 327 g/mol. The van der Waals surface area contributed by atoms with Gasteiger partial charge in [0.1, 0.15) is 6.54 Å². The number of rotatable bonds is 4. The summed E-state index contributed by atoms with van der Waals surface area (Å²) in [6.07, 6.45) is 3.31. The van der Waals surface area contributed by atoms with E-state index >= 15 is 0 Å². The summed E-state index contributed by atoms with van der Waals surface area (Å²) in [6, 6.07) is 7.21. The summed E-state index contributed by atoms with van der Waals surface area (Å²) in [5.41, 5.74) is 1.67. The highest BCUT2D eigenvalue weighted by atomic mass is 16.2. The van der Waals surface area contributed by atoms with E-state index in [1.165, 1.54) is 15.8 Å². The van der Waals surface area contributed by atoms with Gasteiger partial charge in [0.15, 0.2) is 5.82 Å². The number of aromatic amines is 1. The molecule has 0 spiro atoms. The minimum absolute atomic E-state index is 0.00829. The number of hydrogen-bond donors (Lipinski definition) is 3. The molecule has 0 radical (unpaired) electrons. The second-order valence-corrected chi connectivity index (χ2v) is 5.42. The fraction of sp³-hybridized carbons (Fsp3) is 0.200. The van der Waals surface area contributed by atoms with Gasteiger partial charge in [-0.3, -0.25) is 10.1 Å². The Morgan fingerprint density at radius 2 is 2.08 bits per heavy atom. The molecular formula is C15H17N7O2. The van der Waals surface area contributed by atoms with Crippen molar-refractivity contribution in [3.8, 4) is 0 Å². The Bertz CT molecular complexity index is 881. The summed E-state index contributed by atoms with van der Waals surface area (Å²) in [7, 11) is 3.24. The molecule has 0 atom stereocenters. The fourth-order valence-electron chi connectivity index (χ4n) is 2.19. The number of aromatic nitrogens is 4. The predicted octanol–water partition coefficient (Wildman–Crippen LogP) is 1.49. The molecule has 0 aliphatic heterocycles. The highest BCUT2D eigenvalue weighted by Gasteiger charge is 2.11. The molecule has 0 aliphatic rings. The van der Waals surface area contributed by atoms with E-state index in [2.05, 4.69) is 25.9 Å². The summed E-state index contributed by atoms with van der Waals surface area (Å²) >= 11 is 0. The van der Waals surface area contributed by atoms with Crippen LogP contribution < -0.4 is 10.6 Å². The Labute approximate surface area is 137 Å². The molecule has 0 fully saturated rings. The van der Waals surface area contributed by atoms with Gasteiger partial charge in [-0.25, -0.2) is 9.48 Å². The van der Waals surface area contributed by atoms with Crippen LogP contribution in [0.25, 0.3) is 10.9 Å². The van der Waals surface area contributed by atoms with E-state index in [1.807, 2.05) is 30.5 Å². The number of anilines is 2.